The fraction of sp³-hybridized carbons (Fsp3) is 0.647. The van der Waals surface area contributed by atoms with Crippen LogP contribution in [0.15, 0.2) is 24.3 Å². The normalized spacial score (nSPS) is 19.4. The van der Waals surface area contributed by atoms with Gasteiger partial charge in [-0.15, -0.1) is 0 Å². The van der Waals surface area contributed by atoms with Gasteiger partial charge in [0.1, 0.15) is 5.82 Å². The Labute approximate surface area is 126 Å². The molecule has 1 saturated carbocycles. The van der Waals surface area contributed by atoms with Gasteiger partial charge in [-0.1, -0.05) is 31.4 Å². The Bertz CT molecular complexity index is 404. The summed E-state index contributed by atoms with van der Waals surface area (Å²) in [6.07, 6.45) is 5.83. The lowest BCUT2D eigenvalue weighted by Crippen LogP contribution is -2.33. The molecule has 1 unspecified atom stereocenters. The summed E-state index contributed by atoms with van der Waals surface area (Å²) in [7, 11) is 0. The van der Waals surface area contributed by atoms with Crippen LogP contribution in [-0.4, -0.2) is 30.5 Å². The molecule has 0 spiro atoms. The minimum absolute atomic E-state index is 0.0786. The molecule has 1 aromatic carbocycles. The maximum absolute atomic E-state index is 12.9. The lowest BCUT2D eigenvalue weighted by atomic mass is 9.98. The standard InChI is InChI=1S/C17H26FNO2/c1-13(14-7-9-15(18)10-8-14)19-11-16(20)12-21-17-5-3-2-4-6-17/h7-10,13,16-17,19-20H,2-6,11-12H2,1H3/t13-,16?/m1/s1. The molecule has 1 aromatic rings. The smallest absolute Gasteiger partial charge is 0.123 e. The average molecular weight is 295 g/mol. The molecule has 1 aliphatic rings. The highest BCUT2D eigenvalue weighted by atomic mass is 19.1. The van der Waals surface area contributed by atoms with Gasteiger partial charge in [0, 0.05) is 12.6 Å². The van der Waals surface area contributed by atoms with Crippen LogP contribution in [0.4, 0.5) is 4.39 Å². The maximum Gasteiger partial charge on any atom is 0.123 e. The van der Waals surface area contributed by atoms with Gasteiger partial charge >= 0.3 is 0 Å². The number of rotatable bonds is 7. The molecule has 3 nitrogen and oxygen atoms in total. The summed E-state index contributed by atoms with van der Waals surface area (Å²) < 4.78 is 18.6. The van der Waals surface area contributed by atoms with Gasteiger partial charge in [0.25, 0.3) is 0 Å². The molecule has 0 saturated heterocycles. The second-order valence-electron chi connectivity index (χ2n) is 5.93. The van der Waals surface area contributed by atoms with Gasteiger partial charge in [0.05, 0.1) is 18.8 Å². The summed E-state index contributed by atoms with van der Waals surface area (Å²) in [5.41, 5.74) is 1.01. The van der Waals surface area contributed by atoms with Gasteiger partial charge in [0.15, 0.2) is 0 Å². The molecule has 0 aromatic heterocycles. The van der Waals surface area contributed by atoms with Crippen molar-refractivity contribution in [2.75, 3.05) is 13.2 Å². The van der Waals surface area contributed by atoms with E-state index in [1.54, 1.807) is 12.1 Å². The predicted molar refractivity (Wildman–Crippen MR) is 81.6 cm³/mol. The van der Waals surface area contributed by atoms with Crippen LogP contribution in [0.5, 0.6) is 0 Å². The van der Waals surface area contributed by atoms with Crippen molar-refractivity contribution < 1.29 is 14.2 Å². The van der Waals surface area contributed by atoms with E-state index in [4.69, 9.17) is 4.74 Å². The summed E-state index contributed by atoms with van der Waals surface area (Å²) in [6, 6.07) is 6.51. The van der Waals surface area contributed by atoms with Gasteiger partial charge in [-0.25, -0.2) is 4.39 Å². The van der Waals surface area contributed by atoms with E-state index in [9.17, 15) is 9.50 Å². The highest BCUT2D eigenvalue weighted by Crippen LogP contribution is 2.20. The molecule has 2 rings (SSSR count). The number of ether oxygens (including phenoxy) is 1. The minimum Gasteiger partial charge on any atom is -0.389 e. The van der Waals surface area contributed by atoms with Crippen molar-refractivity contribution >= 4 is 0 Å². The van der Waals surface area contributed by atoms with Crippen LogP contribution in [-0.2, 0) is 4.74 Å². The predicted octanol–water partition coefficient (Wildman–Crippen LogP) is 3.19. The van der Waals surface area contributed by atoms with Crippen LogP contribution in [0.1, 0.15) is 50.6 Å². The van der Waals surface area contributed by atoms with Crippen molar-refractivity contribution in [3.8, 4) is 0 Å². The first kappa shape index (κ1) is 16.4. The third-order valence-corrected chi connectivity index (χ3v) is 4.11. The third-order valence-electron chi connectivity index (χ3n) is 4.11. The Balaban J connectivity index is 1.65. The zero-order valence-corrected chi connectivity index (χ0v) is 12.7. The second-order valence-corrected chi connectivity index (χ2v) is 5.93. The van der Waals surface area contributed by atoms with E-state index in [0.29, 0.717) is 19.3 Å². The van der Waals surface area contributed by atoms with E-state index in [-0.39, 0.29) is 11.9 Å². The van der Waals surface area contributed by atoms with E-state index in [0.717, 1.165) is 18.4 Å². The Kier molecular flexibility index (Phi) is 6.61. The van der Waals surface area contributed by atoms with Crippen LogP contribution >= 0.6 is 0 Å². The monoisotopic (exact) mass is 295 g/mol. The van der Waals surface area contributed by atoms with Crippen LogP contribution in [0, 0.1) is 5.82 Å². The quantitative estimate of drug-likeness (QED) is 0.812. The SMILES string of the molecule is C[C@@H](NCC(O)COC1CCCCC1)c1ccc(F)cc1. The first-order valence-corrected chi connectivity index (χ1v) is 7.93. The molecule has 1 fully saturated rings. The van der Waals surface area contributed by atoms with Crippen molar-refractivity contribution in [1.82, 2.24) is 5.32 Å². The Morgan fingerprint density at radius 1 is 1.24 bits per heavy atom. The Hall–Kier alpha value is -0.970. The number of hydrogen-bond acceptors (Lipinski definition) is 3. The second kappa shape index (κ2) is 8.47. The van der Waals surface area contributed by atoms with Crippen LogP contribution in [0.2, 0.25) is 0 Å². The maximum atomic E-state index is 12.9. The molecule has 21 heavy (non-hydrogen) atoms. The first-order valence-electron chi connectivity index (χ1n) is 7.93. The summed E-state index contributed by atoms with van der Waals surface area (Å²) in [5.74, 6) is -0.230. The summed E-state index contributed by atoms with van der Waals surface area (Å²) in [4.78, 5) is 0. The summed E-state index contributed by atoms with van der Waals surface area (Å²) in [6.45, 7) is 2.86. The summed E-state index contributed by atoms with van der Waals surface area (Å²) in [5, 5.41) is 13.2. The topological polar surface area (TPSA) is 41.5 Å². The van der Waals surface area contributed by atoms with Crippen molar-refractivity contribution in [1.29, 1.82) is 0 Å². The highest BCUT2D eigenvalue weighted by molar-refractivity contribution is 5.19. The lowest BCUT2D eigenvalue weighted by molar-refractivity contribution is -0.0235. The number of halogens is 1. The molecule has 0 amide bonds. The number of benzene rings is 1. The van der Waals surface area contributed by atoms with E-state index in [1.807, 2.05) is 6.92 Å². The minimum atomic E-state index is -0.505. The molecule has 1 aliphatic carbocycles. The Morgan fingerprint density at radius 3 is 2.57 bits per heavy atom. The average Bonchev–Trinajstić information content (AvgIpc) is 2.52. The van der Waals surface area contributed by atoms with Gasteiger partial charge in [-0.3, -0.25) is 0 Å². The zero-order chi connectivity index (χ0) is 15.1. The van der Waals surface area contributed by atoms with Crippen LogP contribution in [0.3, 0.4) is 0 Å². The summed E-state index contributed by atoms with van der Waals surface area (Å²) >= 11 is 0. The van der Waals surface area contributed by atoms with Crippen molar-refractivity contribution in [3.05, 3.63) is 35.6 Å². The van der Waals surface area contributed by atoms with E-state index in [2.05, 4.69) is 5.32 Å². The molecular weight excluding hydrogens is 269 g/mol. The molecule has 4 heteroatoms. The number of aliphatic hydroxyl groups excluding tert-OH is 1. The highest BCUT2D eigenvalue weighted by Gasteiger charge is 2.16. The molecule has 0 radical (unpaired) electrons. The van der Waals surface area contributed by atoms with E-state index >= 15 is 0 Å². The van der Waals surface area contributed by atoms with Crippen LogP contribution in [0.25, 0.3) is 0 Å². The largest absolute Gasteiger partial charge is 0.389 e. The molecule has 0 heterocycles. The van der Waals surface area contributed by atoms with Crippen molar-refractivity contribution in [2.45, 2.75) is 57.3 Å². The van der Waals surface area contributed by atoms with Gasteiger partial charge in [-0.05, 0) is 37.5 Å². The number of aliphatic hydroxyl groups is 1. The first-order chi connectivity index (χ1) is 10.1. The molecular formula is C17H26FNO2. The number of nitrogens with one attached hydrogen (secondary N) is 1. The number of hydrogen-bond donors (Lipinski definition) is 2. The zero-order valence-electron chi connectivity index (χ0n) is 12.7. The Morgan fingerprint density at radius 2 is 1.90 bits per heavy atom. The van der Waals surface area contributed by atoms with Gasteiger partial charge in [0.2, 0.25) is 0 Å². The third kappa shape index (κ3) is 5.73. The van der Waals surface area contributed by atoms with Gasteiger partial charge < -0.3 is 15.2 Å². The van der Waals surface area contributed by atoms with Crippen molar-refractivity contribution in [2.24, 2.45) is 0 Å². The van der Waals surface area contributed by atoms with E-state index < -0.39 is 6.10 Å². The van der Waals surface area contributed by atoms with E-state index in [1.165, 1.54) is 31.4 Å². The molecule has 2 atom stereocenters. The van der Waals surface area contributed by atoms with Crippen LogP contribution < -0.4 is 5.32 Å². The van der Waals surface area contributed by atoms with Gasteiger partial charge in [-0.2, -0.15) is 0 Å². The van der Waals surface area contributed by atoms with Crippen molar-refractivity contribution in [3.63, 3.8) is 0 Å². The molecule has 0 bridgehead atoms. The fourth-order valence-corrected chi connectivity index (χ4v) is 2.72. The molecule has 118 valence electrons. The lowest BCUT2D eigenvalue weighted by Gasteiger charge is -2.24. The molecule has 0 aliphatic heterocycles. The molecule has 2 N–H and O–H groups in total. The fourth-order valence-electron chi connectivity index (χ4n) is 2.72.